The van der Waals surface area contributed by atoms with Crippen molar-refractivity contribution in [3.63, 3.8) is 0 Å². The number of nitrogens with zero attached hydrogens (tertiary/aromatic N) is 3. The number of aliphatic hydroxyl groups excluding tert-OH is 1. The molecule has 0 spiro atoms. The minimum absolute atomic E-state index is 0.00443. The van der Waals surface area contributed by atoms with Gasteiger partial charge in [0, 0.05) is 18.0 Å². The van der Waals surface area contributed by atoms with Gasteiger partial charge in [-0.05, 0) is 57.1 Å². The number of aromatic nitrogens is 2. The number of alkyl halides is 3. The quantitative estimate of drug-likeness (QED) is 0.771. The Morgan fingerprint density at radius 1 is 1.21 bits per heavy atom. The summed E-state index contributed by atoms with van der Waals surface area (Å²) in [7, 11) is 1.97. The van der Waals surface area contributed by atoms with Crippen LogP contribution in [0.3, 0.4) is 0 Å². The average molecular weight is 399 g/mol. The van der Waals surface area contributed by atoms with Crippen LogP contribution in [-0.4, -0.2) is 45.4 Å². The van der Waals surface area contributed by atoms with Crippen molar-refractivity contribution in [2.75, 3.05) is 20.1 Å². The fourth-order valence-electron chi connectivity index (χ4n) is 3.59. The highest BCUT2D eigenvalue weighted by molar-refractivity contribution is 5.70. The SMILES string of the molecule is Cc1cc(C(O)[C@@H]2CCCN(C)C2)nnc1-c1cc(F)c(C(F)(F)F)cc1O. The first kappa shape index (κ1) is 20.5. The molecule has 2 N–H and O–H groups in total. The molecule has 1 aromatic carbocycles. The van der Waals surface area contributed by atoms with Gasteiger partial charge in [-0.15, -0.1) is 5.10 Å². The highest BCUT2D eigenvalue weighted by atomic mass is 19.4. The van der Waals surface area contributed by atoms with Gasteiger partial charge in [-0.3, -0.25) is 0 Å². The Morgan fingerprint density at radius 2 is 1.93 bits per heavy atom. The first-order valence-corrected chi connectivity index (χ1v) is 8.89. The van der Waals surface area contributed by atoms with Gasteiger partial charge in [0.2, 0.25) is 0 Å². The van der Waals surface area contributed by atoms with Crippen molar-refractivity contribution >= 4 is 0 Å². The number of likely N-dealkylation sites (tertiary alicyclic amines) is 1. The number of piperidine rings is 1. The molecule has 2 heterocycles. The van der Waals surface area contributed by atoms with Crippen molar-refractivity contribution in [2.24, 2.45) is 5.92 Å². The van der Waals surface area contributed by atoms with Crippen LogP contribution in [0, 0.1) is 18.7 Å². The van der Waals surface area contributed by atoms with Crippen molar-refractivity contribution in [1.82, 2.24) is 15.1 Å². The van der Waals surface area contributed by atoms with Crippen LogP contribution >= 0.6 is 0 Å². The average Bonchev–Trinajstić information content (AvgIpc) is 2.62. The second kappa shape index (κ2) is 7.63. The van der Waals surface area contributed by atoms with Gasteiger partial charge in [0.1, 0.15) is 17.7 Å². The maximum absolute atomic E-state index is 13.9. The largest absolute Gasteiger partial charge is 0.507 e. The van der Waals surface area contributed by atoms with Crippen molar-refractivity contribution in [3.8, 4) is 17.0 Å². The fourth-order valence-corrected chi connectivity index (χ4v) is 3.59. The van der Waals surface area contributed by atoms with E-state index >= 15 is 0 Å². The molecule has 1 aliphatic rings. The lowest BCUT2D eigenvalue weighted by Crippen LogP contribution is -2.35. The zero-order valence-corrected chi connectivity index (χ0v) is 15.5. The Labute approximate surface area is 159 Å². The summed E-state index contributed by atoms with van der Waals surface area (Å²) in [6.45, 7) is 3.29. The smallest absolute Gasteiger partial charge is 0.419 e. The third-order valence-electron chi connectivity index (χ3n) is 5.06. The number of rotatable bonds is 3. The maximum atomic E-state index is 13.9. The molecular formula is C19H21F4N3O2. The number of hydrogen-bond donors (Lipinski definition) is 2. The lowest BCUT2D eigenvalue weighted by atomic mass is 9.90. The van der Waals surface area contributed by atoms with Crippen LogP contribution in [0.25, 0.3) is 11.3 Å². The predicted octanol–water partition coefficient (Wildman–Crippen LogP) is 3.69. The normalized spacial score (nSPS) is 19.6. The van der Waals surface area contributed by atoms with Crippen LogP contribution in [-0.2, 0) is 6.18 Å². The highest BCUT2D eigenvalue weighted by Gasteiger charge is 2.35. The van der Waals surface area contributed by atoms with Crippen LogP contribution in [0.5, 0.6) is 5.75 Å². The van der Waals surface area contributed by atoms with Gasteiger partial charge in [-0.25, -0.2) is 4.39 Å². The molecule has 1 unspecified atom stereocenters. The van der Waals surface area contributed by atoms with E-state index in [9.17, 15) is 27.8 Å². The number of phenolic OH excluding ortho intramolecular Hbond substituents is 1. The van der Waals surface area contributed by atoms with Gasteiger partial charge in [-0.1, -0.05) is 0 Å². The molecule has 0 amide bonds. The van der Waals surface area contributed by atoms with E-state index in [0.717, 1.165) is 19.4 Å². The molecule has 2 aromatic rings. The van der Waals surface area contributed by atoms with Crippen molar-refractivity contribution < 1.29 is 27.8 Å². The van der Waals surface area contributed by atoms with E-state index < -0.39 is 29.4 Å². The van der Waals surface area contributed by atoms with Crippen LogP contribution in [0.4, 0.5) is 17.6 Å². The summed E-state index contributed by atoms with van der Waals surface area (Å²) in [6, 6.07) is 2.50. The molecule has 5 nitrogen and oxygen atoms in total. The second-order valence-electron chi connectivity index (χ2n) is 7.26. The number of phenols is 1. The maximum Gasteiger partial charge on any atom is 0.419 e. The Morgan fingerprint density at radius 3 is 2.54 bits per heavy atom. The standard InChI is InChI=1S/C19H21F4N3O2/c1-10-6-15(18(28)11-4-3-5-26(2)9-11)24-25-17(10)12-7-14(20)13(8-16(12)27)19(21,22)23/h6-8,11,18,27-28H,3-5,9H2,1-2H3/t11-,18?/m1/s1. The molecule has 1 aromatic heterocycles. The molecule has 28 heavy (non-hydrogen) atoms. The third kappa shape index (κ3) is 4.10. The molecule has 3 rings (SSSR count). The summed E-state index contributed by atoms with van der Waals surface area (Å²) in [5.41, 5.74) is -0.875. The van der Waals surface area contributed by atoms with Gasteiger partial charge < -0.3 is 15.1 Å². The highest BCUT2D eigenvalue weighted by Crippen LogP contribution is 2.39. The van der Waals surface area contributed by atoms with Crippen molar-refractivity contribution in [3.05, 3.63) is 40.8 Å². The number of benzene rings is 1. The first-order chi connectivity index (χ1) is 13.1. The van der Waals surface area contributed by atoms with Crippen LogP contribution in [0.2, 0.25) is 0 Å². The van der Waals surface area contributed by atoms with E-state index in [0.29, 0.717) is 29.9 Å². The number of aryl methyl sites for hydroxylation is 1. The topological polar surface area (TPSA) is 69.5 Å². The number of aliphatic hydroxyl groups is 1. The zero-order chi connectivity index (χ0) is 20.6. The lowest BCUT2D eigenvalue weighted by molar-refractivity contribution is -0.140. The van der Waals surface area contributed by atoms with Crippen LogP contribution in [0.15, 0.2) is 18.2 Å². The molecule has 0 aliphatic carbocycles. The Hall–Kier alpha value is -2.26. The van der Waals surface area contributed by atoms with E-state index in [4.69, 9.17) is 0 Å². The van der Waals surface area contributed by atoms with E-state index in [1.165, 1.54) is 0 Å². The molecule has 1 fully saturated rings. The predicted molar refractivity (Wildman–Crippen MR) is 94.0 cm³/mol. The third-order valence-corrected chi connectivity index (χ3v) is 5.06. The first-order valence-electron chi connectivity index (χ1n) is 8.89. The van der Waals surface area contributed by atoms with Gasteiger partial charge in [0.05, 0.1) is 17.0 Å². The molecule has 2 atom stereocenters. The molecule has 1 aliphatic heterocycles. The van der Waals surface area contributed by atoms with Gasteiger partial charge in [0.25, 0.3) is 0 Å². The number of aromatic hydroxyl groups is 1. The Kier molecular flexibility index (Phi) is 5.58. The molecule has 0 saturated carbocycles. The van der Waals surface area contributed by atoms with Gasteiger partial charge in [0.15, 0.2) is 0 Å². The molecule has 0 bridgehead atoms. The summed E-state index contributed by atoms with van der Waals surface area (Å²) < 4.78 is 52.2. The summed E-state index contributed by atoms with van der Waals surface area (Å²) in [4.78, 5) is 2.12. The number of hydrogen-bond acceptors (Lipinski definition) is 5. The van der Waals surface area contributed by atoms with Crippen LogP contribution < -0.4 is 0 Å². The number of halogens is 4. The molecular weight excluding hydrogens is 378 g/mol. The zero-order valence-electron chi connectivity index (χ0n) is 15.5. The van der Waals surface area contributed by atoms with Gasteiger partial charge >= 0.3 is 6.18 Å². The van der Waals surface area contributed by atoms with E-state index in [1.807, 2.05) is 7.05 Å². The summed E-state index contributed by atoms with van der Waals surface area (Å²) in [6.07, 6.45) is -3.94. The van der Waals surface area contributed by atoms with Crippen molar-refractivity contribution in [1.29, 1.82) is 0 Å². The lowest BCUT2D eigenvalue weighted by Gasteiger charge is -2.32. The molecule has 1 saturated heterocycles. The monoisotopic (exact) mass is 399 g/mol. The Bertz CT molecular complexity index is 873. The van der Waals surface area contributed by atoms with Gasteiger partial charge in [-0.2, -0.15) is 18.3 Å². The van der Waals surface area contributed by atoms with Crippen LogP contribution in [0.1, 0.15) is 35.8 Å². The van der Waals surface area contributed by atoms with E-state index in [-0.39, 0.29) is 17.2 Å². The summed E-state index contributed by atoms with van der Waals surface area (Å²) in [5, 5.41) is 28.5. The fraction of sp³-hybridized carbons (Fsp3) is 0.474. The van der Waals surface area contributed by atoms with E-state index in [1.54, 1.807) is 13.0 Å². The second-order valence-corrected chi connectivity index (χ2v) is 7.26. The van der Waals surface area contributed by atoms with E-state index in [2.05, 4.69) is 15.1 Å². The molecule has 152 valence electrons. The summed E-state index contributed by atoms with van der Waals surface area (Å²) in [5.74, 6) is -2.25. The molecule has 0 radical (unpaired) electrons. The molecule has 9 heteroatoms. The minimum Gasteiger partial charge on any atom is -0.507 e. The summed E-state index contributed by atoms with van der Waals surface area (Å²) >= 11 is 0. The minimum atomic E-state index is -4.91. The Balaban J connectivity index is 1.92. The van der Waals surface area contributed by atoms with Crippen molar-refractivity contribution in [2.45, 2.75) is 32.0 Å².